The molecule has 2 aliphatic heterocycles. The van der Waals surface area contributed by atoms with Gasteiger partial charge >= 0.3 is 12.1 Å². The lowest BCUT2D eigenvalue weighted by Crippen LogP contribution is -2.51. The lowest BCUT2D eigenvalue weighted by molar-refractivity contribution is -0.148. The van der Waals surface area contributed by atoms with Crippen LogP contribution in [-0.2, 0) is 35.7 Å². The van der Waals surface area contributed by atoms with E-state index < -0.39 is 45.7 Å². The summed E-state index contributed by atoms with van der Waals surface area (Å²) in [7, 11) is -3.75. The minimum atomic E-state index is -3.75. The number of halogens is 1. The van der Waals surface area contributed by atoms with Crippen molar-refractivity contribution < 1.29 is 37.4 Å². The summed E-state index contributed by atoms with van der Waals surface area (Å²) in [5.74, 6) is -1.57. The average molecular weight is 602 g/mol. The highest BCUT2D eigenvalue weighted by atomic mass is 35.5. The molecule has 224 valence electrons. The van der Waals surface area contributed by atoms with Gasteiger partial charge in [-0.25, -0.2) is 22.7 Å². The van der Waals surface area contributed by atoms with Crippen LogP contribution in [0.5, 0.6) is 0 Å². The largest absolute Gasteiger partial charge is 0.480 e. The second-order valence-corrected chi connectivity index (χ2v) is 13.8. The molecule has 1 aromatic rings. The molecular formula is C27H40ClN3O8S. The van der Waals surface area contributed by atoms with Gasteiger partial charge in [0, 0.05) is 31.1 Å². The first-order chi connectivity index (χ1) is 18.6. The summed E-state index contributed by atoms with van der Waals surface area (Å²) in [4.78, 5) is 40.8. The number of likely N-dealkylation sites (tertiary alicyclic amines) is 2. The monoisotopic (exact) mass is 601 g/mol. The Kier molecular flexibility index (Phi) is 10.8. The maximum Gasteiger partial charge on any atom is 0.410 e. The summed E-state index contributed by atoms with van der Waals surface area (Å²) < 4.78 is 38.0. The van der Waals surface area contributed by atoms with Crippen molar-refractivity contribution in [2.75, 3.05) is 25.9 Å². The van der Waals surface area contributed by atoms with Crippen molar-refractivity contribution in [3.05, 3.63) is 34.9 Å². The van der Waals surface area contributed by atoms with Crippen LogP contribution < -0.4 is 4.72 Å². The van der Waals surface area contributed by atoms with Gasteiger partial charge < -0.3 is 24.4 Å². The third-order valence-electron chi connectivity index (χ3n) is 7.01. The van der Waals surface area contributed by atoms with E-state index in [-0.39, 0.29) is 38.0 Å². The molecule has 2 N–H and O–H groups in total. The predicted molar refractivity (Wildman–Crippen MR) is 149 cm³/mol. The zero-order chi connectivity index (χ0) is 29.7. The van der Waals surface area contributed by atoms with E-state index in [1.54, 1.807) is 29.2 Å². The average Bonchev–Trinajstić information content (AvgIpc) is 3.29. The Morgan fingerprint density at radius 3 is 2.33 bits per heavy atom. The van der Waals surface area contributed by atoms with Crippen LogP contribution in [0.2, 0.25) is 5.02 Å². The zero-order valence-corrected chi connectivity index (χ0v) is 25.0. The molecule has 2 heterocycles. The third kappa shape index (κ3) is 9.90. The van der Waals surface area contributed by atoms with Gasteiger partial charge in [-0.05, 0) is 70.1 Å². The van der Waals surface area contributed by atoms with Crippen LogP contribution in [0, 0.1) is 5.92 Å². The molecule has 2 amide bonds. The number of carbonyl (C=O) groups excluding carboxylic acids is 2. The van der Waals surface area contributed by atoms with Gasteiger partial charge in [0.05, 0.1) is 19.0 Å². The lowest BCUT2D eigenvalue weighted by Gasteiger charge is -2.34. The molecule has 0 unspecified atom stereocenters. The summed E-state index contributed by atoms with van der Waals surface area (Å²) in [5, 5.41) is 10.4. The van der Waals surface area contributed by atoms with E-state index in [1.807, 2.05) is 20.8 Å². The smallest absolute Gasteiger partial charge is 0.410 e. The van der Waals surface area contributed by atoms with Gasteiger partial charge in [-0.1, -0.05) is 23.7 Å². The maximum absolute atomic E-state index is 13.5. The van der Waals surface area contributed by atoms with Gasteiger partial charge in [-0.2, -0.15) is 0 Å². The molecule has 0 aliphatic carbocycles. The topological polar surface area (TPSA) is 143 Å². The number of benzene rings is 1. The van der Waals surface area contributed by atoms with E-state index in [0.717, 1.165) is 11.8 Å². The van der Waals surface area contributed by atoms with Crippen LogP contribution >= 0.6 is 11.6 Å². The summed E-state index contributed by atoms with van der Waals surface area (Å²) in [6.45, 7) is 6.73. The molecule has 0 aromatic heterocycles. The first-order valence-corrected chi connectivity index (χ1v) is 15.7. The standard InChI is InChI=1S/C27H40ClN3O8S/c1-27(2,3)39-26(35)30-13-11-18(12-14-30)7-10-22(29-40(4,36)37)24(32)31-16-21(15-23(31)25(33)34)38-17-19-5-8-20(28)9-6-19/h5-6,8-9,18,21-23,29H,7,10-17H2,1-4H3,(H,33,34)/t21-,22-,23+/m1/s1. The van der Waals surface area contributed by atoms with Crippen molar-refractivity contribution in [1.82, 2.24) is 14.5 Å². The SMILES string of the molecule is CC(C)(C)OC(=O)N1CCC(CC[C@@H](NS(C)(=O)=O)C(=O)N2C[C@H](OCc3ccc(Cl)cc3)C[C@H]2C(=O)O)CC1. The summed E-state index contributed by atoms with van der Waals surface area (Å²) in [6.07, 6.45) is 2.34. The molecule has 13 heteroatoms. The molecule has 0 spiro atoms. The van der Waals surface area contributed by atoms with E-state index in [4.69, 9.17) is 21.1 Å². The molecule has 2 aliphatic rings. The van der Waals surface area contributed by atoms with Crippen molar-refractivity contribution in [1.29, 1.82) is 0 Å². The fraction of sp³-hybridized carbons (Fsp3) is 0.667. The molecule has 0 saturated carbocycles. The van der Waals surface area contributed by atoms with Crippen LogP contribution in [0.1, 0.15) is 58.4 Å². The quantitative estimate of drug-likeness (QED) is 0.416. The number of ether oxygens (including phenoxy) is 2. The Morgan fingerprint density at radius 1 is 1.15 bits per heavy atom. The third-order valence-corrected chi connectivity index (χ3v) is 7.98. The predicted octanol–water partition coefficient (Wildman–Crippen LogP) is 3.26. The highest BCUT2D eigenvalue weighted by Gasteiger charge is 2.43. The fourth-order valence-electron chi connectivity index (χ4n) is 5.02. The van der Waals surface area contributed by atoms with Crippen LogP contribution in [-0.4, -0.2) is 91.0 Å². The Labute approximate surface area is 241 Å². The summed E-state index contributed by atoms with van der Waals surface area (Å²) in [5.41, 5.74) is 0.276. The van der Waals surface area contributed by atoms with Gasteiger partial charge in [-0.15, -0.1) is 0 Å². The number of piperidine rings is 1. The van der Waals surface area contributed by atoms with E-state index in [2.05, 4.69) is 4.72 Å². The summed E-state index contributed by atoms with van der Waals surface area (Å²) in [6, 6.07) is 4.85. The molecule has 11 nitrogen and oxygen atoms in total. The van der Waals surface area contributed by atoms with Gasteiger partial charge in [-0.3, -0.25) is 4.79 Å². The number of hydrogen-bond acceptors (Lipinski definition) is 7. The first-order valence-electron chi connectivity index (χ1n) is 13.5. The minimum Gasteiger partial charge on any atom is -0.480 e. The number of aliphatic carboxylic acids is 1. The molecule has 0 radical (unpaired) electrons. The Morgan fingerprint density at radius 2 is 1.77 bits per heavy atom. The molecule has 2 saturated heterocycles. The molecule has 3 rings (SSSR count). The fourth-order valence-corrected chi connectivity index (χ4v) is 5.88. The molecular weight excluding hydrogens is 562 g/mol. The molecule has 0 bridgehead atoms. The molecule has 2 fully saturated rings. The number of amides is 2. The highest BCUT2D eigenvalue weighted by molar-refractivity contribution is 7.88. The van der Waals surface area contributed by atoms with Crippen molar-refractivity contribution >= 4 is 39.6 Å². The van der Waals surface area contributed by atoms with Crippen LogP contribution in [0.3, 0.4) is 0 Å². The lowest BCUT2D eigenvalue weighted by atomic mass is 9.90. The van der Waals surface area contributed by atoms with Crippen molar-refractivity contribution in [2.24, 2.45) is 5.92 Å². The molecule has 40 heavy (non-hydrogen) atoms. The second kappa shape index (κ2) is 13.5. The molecule has 3 atom stereocenters. The van der Waals surface area contributed by atoms with E-state index in [9.17, 15) is 27.9 Å². The van der Waals surface area contributed by atoms with E-state index >= 15 is 0 Å². The van der Waals surface area contributed by atoms with Crippen molar-refractivity contribution in [3.8, 4) is 0 Å². The maximum atomic E-state index is 13.5. The Bertz CT molecular complexity index is 1150. The van der Waals surface area contributed by atoms with Gasteiger partial charge in [0.15, 0.2) is 0 Å². The number of nitrogens with zero attached hydrogens (tertiary/aromatic N) is 2. The number of nitrogens with one attached hydrogen (secondary N) is 1. The van der Waals surface area contributed by atoms with Gasteiger partial charge in [0.2, 0.25) is 15.9 Å². The number of carboxylic acid groups (broad SMARTS) is 1. The number of rotatable bonds is 10. The molecule has 1 aromatic carbocycles. The van der Waals surface area contributed by atoms with Crippen molar-refractivity contribution in [3.63, 3.8) is 0 Å². The van der Waals surface area contributed by atoms with Gasteiger partial charge in [0.25, 0.3) is 0 Å². The van der Waals surface area contributed by atoms with Crippen LogP contribution in [0.25, 0.3) is 0 Å². The van der Waals surface area contributed by atoms with Gasteiger partial charge in [0.1, 0.15) is 17.7 Å². The van der Waals surface area contributed by atoms with E-state index in [1.165, 1.54) is 4.90 Å². The number of carboxylic acids is 1. The van der Waals surface area contributed by atoms with Crippen molar-refractivity contribution in [2.45, 2.75) is 83.3 Å². The Hall–Kier alpha value is -2.41. The number of hydrogen-bond donors (Lipinski definition) is 2. The normalized spacial score (nSPS) is 21.3. The highest BCUT2D eigenvalue weighted by Crippen LogP contribution is 2.27. The van der Waals surface area contributed by atoms with E-state index in [0.29, 0.717) is 37.4 Å². The van der Waals surface area contributed by atoms with Crippen LogP contribution in [0.15, 0.2) is 24.3 Å². The van der Waals surface area contributed by atoms with Crippen LogP contribution in [0.4, 0.5) is 4.79 Å². The Balaban J connectivity index is 1.60. The second-order valence-electron chi connectivity index (χ2n) is 11.6. The summed E-state index contributed by atoms with van der Waals surface area (Å²) >= 11 is 5.92. The number of carbonyl (C=O) groups is 3. The first kappa shape index (κ1) is 32.1. The minimum absolute atomic E-state index is 0.0413. The number of sulfonamides is 1. The zero-order valence-electron chi connectivity index (χ0n) is 23.5.